The lowest BCUT2D eigenvalue weighted by Gasteiger charge is -2.25. The molecule has 0 fully saturated rings. The van der Waals surface area contributed by atoms with E-state index in [0.29, 0.717) is 25.7 Å². The maximum atomic E-state index is 13.6. The van der Waals surface area contributed by atoms with Gasteiger partial charge in [-0.1, -0.05) is 6.92 Å². The summed E-state index contributed by atoms with van der Waals surface area (Å²) in [6.07, 6.45) is 0.771. The number of hydrogen-bond donors (Lipinski definition) is 0. The molecule has 0 aliphatic rings. The molecule has 0 saturated carbocycles. The van der Waals surface area contributed by atoms with Crippen molar-refractivity contribution in [3.63, 3.8) is 0 Å². The summed E-state index contributed by atoms with van der Waals surface area (Å²) in [5.41, 5.74) is 0. The molecule has 3 nitrogen and oxygen atoms in total. The first-order chi connectivity index (χ1) is 8.45. The minimum Gasteiger partial charge on any atom is -0.353 e. The van der Waals surface area contributed by atoms with Crippen LogP contribution in [-0.4, -0.2) is 43.6 Å². The number of nitrogens with zero attached hydrogens (tertiary/aromatic N) is 3. The fraction of sp³-hybridized carbons (Fsp3) is 0.583. The highest BCUT2D eigenvalue weighted by Gasteiger charge is 2.17. The fourth-order valence-electron chi connectivity index (χ4n) is 1.57. The Morgan fingerprint density at radius 3 is 2.28 bits per heavy atom. The standard InChI is InChI=1S/C12H18F3N3/c1-4-5-18(7-6-17(2)3)12-10(14)8-9(13)11(15)16-12/h8H,4-7H2,1-3H3. The molecule has 0 aromatic carbocycles. The van der Waals surface area contributed by atoms with E-state index in [0.717, 1.165) is 6.42 Å². The molecule has 0 aliphatic heterocycles. The van der Waals surface area contributed by atoms with Gasteiger partial charge in [0.15, 0.2) is 17.5 Å². The Morgan fingerprint density at radius 1 is 1.06 bits per heavy atom. The zero-order valence-corrected chi connectivity index (χ0v) is 10.9. The van der Waals surface area contributed by atoms with Crippen LogP contribution in [0.25, 0.3) is 0 Å². The number of hydrogen-bond acceptors (Lipinski definition) is 3. The van der Waals surface area contributed by atoms with Gasteiger partial charge in [-0.25, -0.2) is 8.78 Å². The van der Waals surface area contributed by atoms with Gasteiger partial charge in [-0.3, -0.25) is 0 Å². The van der Waals surface area contributed by atoms with Crippen LogP contribution in [0.2, 0.25) is 0 Å². The van der Waals surface area contributed by atoms with Gasteiger partial charge in [0.05, 0.1) is 0 Å². The number of pyridine rings is 1. The third kappa shape index (κ3) is 3.87. The minimum atomic E-state index is -1.27. The first-order valence-corrected chi connectivity index (χ1v) is 5.87. The molecule has 0 bridgehead atoms. The van der Waals surface area contributed by atoms with Crippen molar-refractivity contribution in [1.82, 2.24) is 9.88 Å². The Kier molecular flexibility index (Phi) is 5.40. The third-order valence-electron chi connectivity index (χ3n) is 2.48. The highest BCUT2D eigenvalue weighted by molar-refractivity contribution is 5.40. The summed E-state index contributed by atoms with van der Waals surface area (Å²) < 4.78 is 39.5. The largest absolute Gasteiger partial charge is 0.353 e. The van der Waals surface area contributed by atoms with E-state index in [-0.39, 0.29) is 5.82 Å². The second-order valence-electron chi connectivity index (χ2n) is 4.36. The zero-order valence-electron chi connectivity index (χ0n) is 10.9. The molecule has 1 heterocycles. The monoisotopic (exact) mass is 261 g/mol. The summed E-state index contributed by atoms with van der Waals surface area (Å²) in [7, 11) is 3.78. The average Bonchev–Trinajstić information content (AvgIpc) is 2.29. The fourth-order valence-corrected chi connectivity index (χ4v) is 1.57. The summed E-state index contributed by atoms with van der Waals surface area (Å²) in [5.74, 6) is -3.49. The maximum Gasteiger partial charge on any atom is 0.251 e. The Labute approximate surface area is 105 Å². The van der Waals surface area contributed by atoms with Gasteiger partial charge in [-0.15, -0.1) is 0 Å². The Hall–Kier alpha value is -1.30. The number of likely N-dealkylation sites (N-methyl/N-ethyl adjacent to an activating group) is 1. The second kappa shape index (κ2) is 6.58. The van der Waals surface area contributed by atoms with E-state index in [1.807, 2.05) is 25.9 Å². The SMILES string of the molecule is CCCN(CCN(C)C)c1nc(F)c(F)cc1F. The van der Waals surface area contributed by atoms with E-state index in [2.05, 4.69) is 4.98 Å². The van der Waals surface area contributed by atoms with Crippen molar-refractivity contribution in [3.8, 4) is 0 Å². The van der Waals surface area contributed by atoms with Crippen LogP contribution in [0.5, 0.6) is 0 Å². The van der Waals surface area contributed by atoms with Crippen molar-refractivity contribution >= 4 is 5.82 Å². The van der Waals surface area contributed by atoms with E-state index < -0.39 is 17.6 Å². The lowest BCUT2D eigenvalue weighted by atomic mass is 10.3. The number of anilines is 1. The van der Waals surface area contributed by atoms with Crippen molar-refractivity contribution < 1.29 is 13.2 Å². The van der Waals surface area contributed by atoms with Gasteiger partial charge in [0.25, 0.3) is 5.95 Å². The van der Waals surface area contributed by atoms with E-state index in [1.165, 1.54) is 0 Å². The molecular formula is C12H18F3N3. The quantitative estimate of drug-likeness (QED) is 0.732. The van der Waals surface area contributed by atoms with Crippen molar-refractivity contribution in [2.45, 2.75) is 13.3 Å². The van der Waals surface area contributed by atoms with Gasteiger partial charge in [0.1, 0.15) is 0 Å². The molecule has 0 unspecified atom stereocenters. The first-order valence-electron chi connectivity index (χ1n) is 5.87. The molecule has 6 heteroatoms. The second-order valence-corrected chi connectivity index (χ2v) is 4.36. The Morgan fingerprint density at radius 2 is 1.72 bits per heavy atom. The van der Waals surface area contributed by atoms with Crippen LogP contribution in [-0.2, 0) is 0 Å². The molecule has 0 atom stereocenters. The lowest BCUT2D eigenvalue weighted by molar-refractivity contribution is 0.409. The van der Waals surface area contributed by atoms with Gasteiger partial charge >= 0.3 is 0 Å². The van der Waals surface area contributed by atoms with Crippen molar-refractivity contribution in [2.24, 2.45) is 0 Å². The Balaban J connectivity index is 2.94. The number of rotatable bonds is 6. The zero-order chi connectivity index (χ0) is 13.7. The predicted octanol–water partition coefficient (Wildman–Crippen LogP) is 2.28. The average molecular weight is 261 g/mol. The molecule has 0 N–H and O–H groups in total. The summed E-state index contributed by atoms with van der Waals surface area (Å²) in [6.45, 7) is 3.67. The van der Waals surface area contributed by atoms with Crippen molar-refractivity contribution in [3.05, 3.63) is 23.6 Å². The summed E-state index contributed by atoms with van der Waals surface area (Å²) in [5, 5.41) is 0. The molecule has 0 radical (unpaired) electrons. The maximum absolute atomic E-state index is 13.6. The topological polar surface area (TPSA) is 19.4 Å². The van der Waals surface area contributed by atoms with Crippen LogP contribution in [0.4, 0.5) is 19.0 Å². The van der Waals surface area contributed by atoms with E-state index in [4.69, 9.17) is 0 Å². The Bertz CT molecular complexity index is 396. The van der Waals surface area contributed by atoms with Crippen LogP contribution in [0.1, 0.15) is 13.3 Å². The van der Waals surface area contributed by atoms with E-state index in [1.54, 1.807) is 4.90 Å². The van der Waals surface area contributed by atoms with Crippen LogP contribution < -0.4 is 4.90 Å². The summed E-state index contributed by atoms with van der Waals surface area (Å²) in [6, 6.07) is 0.538. The van der Waals surface area contributed by atoms with Gasteiger partial charge in [0.2, 0.25) is 0 Å². The molecule has 0 amide bonds. The van der Waals surface area contributed by atoms with Gasteiger partial charge in [-0.2, -0.15) is 9.37 Å². The van der Waals surface area contributed by atoms with Gasteiger partial charge in [0, 0.05) is 25.7 Å². The molecular weight excluding hydrogens is 243 g/mol. The van der Waals surface area contributed by atoms with Crippen LogP contribution in [0.15, 0.2) is 6.07 Å². The molecule has 18 heavy (non-hydrogen) atoms. The molecule has 0 spiro atoms. The van der Waals surface area contributed by atoms with Crippen molar-refractivity contribution in [1.29, 1.82) is 0 Å². The lowest BCUT2D eigenvalue weighted by Crippen LogP contribution is -2.33. The number of aromatic nitrogens is 1. The molecule has 0 saturated heterocycles. The van der Waals surface area contributed by atoms with E-state index in [9.17, 15) is 13.2 Å². The summed E-state index contributed by atoms with van der Waals surface area (Å²) >= 11 is 0. The third-order valence-corrected chi connectivity index (χ3v) is 2.48. The smallest absolute Gasteiger partial charge is 0.251 e. The van der Waals surface area contributed by atoms with Crippen LogP contribution in [0.3, 0.4) is 0 Å². The molecule has 1 aromatic rings. The highest BCUT2D eigenvalue weighted by Crippen LogP contribution is 2.19. The minimum absolute atomic E-state index is 0.127. The number of halogens is 3. The highest BCUT2D eigenvalue weighted by atomic mass is 19.2. The molecule has 102 valence electrons. The molecule has 1 rings (SSSR count). The van der Waals surface area contributed by atoms with Gasteiger partial charge < -0.3 is 9.80 Å². The predicted molar refractivity (Wildman–Crippen MR) is 65.2 cm³/mol. The van der Waals surface area contributed by atoms with Crippen LogP contribution in [0, 0.1) is 17.6 Å². The molecule has 0 aliphatic carbocycles. The molecule has 1 aromatic heterocycles. The van der Waals surface area contributed by atoms with E-state index >= 15 is 0 Å². The summed E-state index contributed by atoms with van der Waals surface area (Å²) in [4.78, 5) is 6.91. The van der Waals surface area contributed by atoms with Crippen molar-refractivity contribution in [2.75, 3.05) is 38.6 Å². The van der Waals surface area contributed by atoms with Crippen LogP contribution >= 0.6 is 0 Å². The first kappa shape index (κ1) is 14.8. The van der Waals surface area contributed by atoms with Gasteiger partial charge in [-0.05, 0) is 20.5 Å². The normalized spacial score (nSPS) is 11.1.